The topological polar surface area (TPSA) is 44.8 Å². The fraction of sp³-hybridized carbons (Fsp3) is 0.105. The maximum absolute atomic E-state index is 12.0. The van der Waals surface area contributed by atoms with Gasteiger partial charge in [-0.1, -0.05) is 42.5 Å². The lowest BCUT2D eigenvalue weighted by molar-refractivity contribution is -0.136. The fourth-order valence-corrected chi connectivity index (χ4v) is 2.92. The van der Waals surface area contributed by atoms with Crippen LogP contribution in [0.3, 0.4) is 0 Å². The van der Waals surface area contributed by atoms with Crippen LogP contribution in [-0.4, -0.2) is 19.7 Å². The molecule has 3 rings (SSSR count). The monoisotopic (exact) mass is 386 g/mol. The van der Waals surface area contributed by atoms with Crippen LogP contribution in [0.25, 0.3) is 10.8 Å². The largest absolute Gasteiger partial charge is 0.493 e. The molecule has 0 aliphatic rings. The molecule has 0 saturated carbocycles. The highest BCUT2D eigenvalue weighted by molar-refractivity contribution is 9.10. The second-order valence-corrected chi connectivity index (χ2v) is 5.81. The number of benzene rings is 3. The summed E-state index contributed by atoms with van der Waals surface area (Å²) in [4.78, 5) is 12.0. The highest BCUT2D eigenvalue weighted by Gasteiger charge is 2.12. The van der Waals surface area contributed by atoms with E-state index >= 15 is 0 Å². The molecule has 0 aromatic heterocycles. The molecule has 0 spiro atoms. The van der Waals surface area contributed by atoms with Crippen LogP contribution >= 0.6 is 15.9 Å². The molecule has 24 heavy (non-hydrogen) atoms. The van der Waals surface area contributed by atoms with E-state index in [-0.39, 0.29) is 6.61 Å². The zero-order valence-corrected chi connectivity index (χ0v) is 14.6. The number of carbonyl (C=O) groups is 1. The first-order valence-electron chi connectivity index (χ1n) is 7.33. The van der Waals surface area contributed by atoms with Crippen LogP contribution in [0.1, 0.15) is 0 Å². The first-order chi connectivity index (χ1) is 11.7. The Hall–Kier alpha value is -2.53. The predicted octanol–water partition coefficient (Wildman–Crippen LogP) is 4.60. The summed E-state index contributed by atoms with van der Waals surface area (Å²) in [5, 5.41) is 2.11. The van der Waals surface area contributed by atoms with E-state index in [0.717, 1.165) is 15.2 Å². The molecule has 0 radical (unpaired) electrons. The maximum atomic E-state index is 12.0. The third-order valence-corrected chi connectivity index (χ3v) is 4.28. The maximum Gasteiger partial charge on any atom is 0.349 e. The lowest BCUT2D eigenvalue weighted by Crippen LogP contribution is -2.18. The smallest absolute Gasteiger partial charge is 0.349 e. The number of ether oxygens (including phenoxy) is 3. The Morgan fingerprint density at radius 1 is 0.917 bits per heavy atom. The van der Waals surface area contributed by atoms with E-state index in [2.05, 4.69) is 15.9 Å². The number of rotatable bonds is 5. The molecule has 0 aliphatic heterocycles. The molecule has 0 unspecified atom stereocenters. The van der Waals surface area contributed by atoms with Crippen LogP contribution in [-0.2, 0) is 4.79 Å². The molecule has 0 aliphatic carbocycles. The van der Waals surface area contributed by atoms with Crippen LogP contribution in [0.15, 0.2) is 65.1 Å². The lowest BCUT2D eigenvalue weighted by atomic mass is 10.1. The zero-order chi connectivity index (χ0) is 16.9. The van der Waals surface area contributed by atoms with Gasteiger partial charge >= 0.3 is 5.97 Å². The summed E-state index contributed by atoms with van der Waals surface area (Å²) < 4.78 is 16.8. The molecule has 0 bridgehead atoms. The summed E-state index contributed by atoms with van der Waals surface area (Å²) in [5.41, 5.74) is 0. The van der Waals surface area contributed by atoms with Crippen LogP contribution in [0.5, 0.6) is 17.2 Å². The van der Waals surface area contributed by atoms with Gasteiger partial charge in [-0.3, -0.25) is 0 Å². The van der Waals surface area contributed by atoms with Gasteiger partial charge in [-0.25, -0.2) is 4.79 Å². The molecule has 4 nitrogen and oxygen atoms in total. The zero-order valence-electron chi connectivity index (χ0n) is 13.0. The molecule has 0 saturated heterocycles. The molecule has 0 amide bonds. The van der Waals surface area contributed by atoms with Crippen molar-refractivity contribution in [2.45, 2.75) is 0 Å². The molecule has 0 atom stereocenters. The van der Waals surface area contributed by atoms with Crippen LogP contribution < -0.4 is 14.2 Å². The number of fused-ring (bicyclic) bond motifs is 1. The summed E-state index contributed by atoms with van der Waals surface area (Å²) in [7, 11) is 1.52. The second kappa shape index (κ2) is 7.36. The van der Waals surface area contributed by atoms with E-state index in [1.807, 2.05) is 36.4 Å². The summed E-state index contributed by atoms with van der Waals surface area (Å²) in [5.74, 6) is 0.953. The number of esters is 1. The standard InChI is InChI=1S/C19H15BrO4/c1-22-15-8-4-5-9-16(15)24-18(21)12-23-17-11-10-13-6-2-3-7-14(13)19(17)20/h2-11H,12H2,1H3. The van der Waals surface area contributed by atoms with Crippen molar-refractivity contribution in [1.29, 1.82) is 0 Å². The Balaban J connectivity index is 1.69. The highest BCUT2D eigenvalue weighted by atomic mass is 79.9. The third kappa shape index (κ3) is 3.51. The van der Waals surface area contributed by atoms with Crippen molar-refractivity contribution in [1.82, 2.24) is 0 Å². The van der Waals surface area contributed by atoms with E-state index in [0.29, 0.717) is 17.2 Å². The molecule has 5 heteroatoms. The number of halogens is 1. The average Bonchev–Trinajstić information content (AvgIpc) is 2.62. The lowest BCUT2D eigenvalue weighted by Gasteiger charge is -2.11. The summed E-state index contributed by atoms with van der Waals surface area (Å²) in [6.07, 6.45) is 0. The van der Waals surface area contributed by atoms with Gasteiger partial charge in [0.2, 0.25) is 0 Å². The van der Waals surface area contributed by atoms with Gasteiger partial charge in [0, 0.05) is 0 Å². The van der Waals surface area contributed by atoms with E-state index < -0.39 is 5.97 Å². The van der Waals surface area contributed by atoms with Crippen molar-refractivity contribution in [2.24, 2.45) is 0 Å². The van der Waals surface area contributed by atoms with Gasteiger partial charge in [0.1, 0.15) is 5.75 Å². The van der Waals surface area contributed by atoms with Gasteiger partial charge in [-0.15, -0.1) is 0 Å². The minimum atomic E-state index is -0.500. The summed E-state index contributed by atoms with van der Waals surface area (Å²) in [6.45, 7) is -0.199. The normalized spacial score (nSPS) is 10.4. The Kier molecular flexibility index (Phi) is 5.01. The Bertz CT molecular complexity index is 876. The molecule has 0 N–H and O–H groups in total. The van der Waals surface area contributed by atoms with Gasteiger partial charge in [0.15, 0.2) is 18.1 Å². The highest BCUT2D eigenvalue weighted by Crippen LogP contribution is 2.33. The number of carbonyl (C=O) groups excluding carboxylic acids is 1. The predicted molar refractivity (Wildman–Crippen MR) is 95.8 cm³/mol. The van der Waals surface area contributed by atoms with Gasteiger partial charge in [-0.05, 0) is 44.9 Å². The molecule has 3 aromatic carbocycles. The average molecular weight is 387 g/mol. The van der Waals surface area contributed by atoms with E-state index in [1.165, 1.54) is 7.11 Å². The SMILES string of the molecule is COc1ccccc1OC(=O)COc1ccc2ccccc2c1Br. The van der Waals surface area contributed by atoms with Crippen molar-refractivity contribution in [3.05, 3.63) is 65.1 Å². The molecular formula is C19H15BrO4. The van der Waals surface area contributed by atoms with Gasteiger partial charge in [0.05, 0.1) is 11.6 Å². The first-order valence-corrected chi connectivity index (χ1v) is 8.12. The van der Waals surface area contributed by atoms with Crippen molar-refractivity contribution in [3.63, 3.8) is 0 Å². The summed E-state index contributed by atoms with van der Waals surface area (Å²) in [6, 6.07) is 18.7. The van der Waals surface area contributed by atoms with E-state index in [4.69, 9.17) is 14.2 Å². The Morgan fingerprint density at radius 3 is 2.42 bits per heavy atom. The first kappa shape index (κ1) is 16.3. The van der Waals surface area contributed by atoms with Crippen LogP contribution in [0, 0.1) is 0 Å². The number of hydrogen-bond acceptors (Lipinski definition) is 4. The van der Waals surface area contributed by atoms with Crippen molar-refractivity contribution < 1.29 is 19.0 Å². The quantitative estimate of drug-likeness (QED) is 0.474. The van der Waals surface area contributed by atoms with Gasteiger partial charge in [0.25, 0.3) is 0 Å². The Morgan fingerprint density at radius 2 is 1.62 bits per heavy atom. The molecule has 3 aromatic rings. The van der Waals surface area contributed by atoms with Crippen molar-refractivity contribution in [3.8, 4) is 17.2 Å². The van der Waals surface area contributed by atoms with Crippen LogP contribution in [0.2, 0.25) is 0 Å². The minimum absolute atomic E-state index is 0.199. The molecule has 0 heterocycles. The second-order valence-electron chi connectivity index (χ2n) is 5.01. The van der Waals surface area contributed by atoms with E-state index in [9.17, 15) is 4.79 Å². The molecule has 122 valence electrons. The minimum Gasteiger partial charge on any atom is -0.493 e. The number of para-hydroxylation sites is 2. The van der Waals surface area contributed by atoms with Gasteiger partial charge in [-0.2, -0.15) is 0 Å². The third-order valence-electron chi connectivity index (χ3n) is 3.47. The molecule has 0 fully saturated rings. The fourth-order valence-electron chi connectivity index (χ4n) is 2.32. The van der Waals surface area contributed by atoms with Crippen molar-refractivity contribution in [2.75, 3.05) is 13.7 Å². The summed E-state index contributed by atoms with van der Waals surface area (Å²) >= 11 is 3.52. The number of methoxy groups -OCH3 is 1. The van der Waals surface area contributed by atoms with Crippen molar-refractivity contribution >= 4 is 32.7 Å². The molecular weight excluding hydrogens is 372 g/mol. The van der Waals surface area contributed by atoms with Crippen LogP contribution in [0.4, 0.5) is 0 Å². The van der Waals surface area contributed by atoms with E-state index in [1.54, 1.807) is 24.3 Å². The Labute approximate surface area is 148 Å². The number of hydrogen-bond donors (Lipinski definition) is 0. The van der Waals surface area contributed by atoms with Gasteiger partial charge < -0.3 is 14.2 Å².